The van der Waals surface area contributed by atoms with E-state index < -0.39 is 0 Å². The molecule has 20 heavy (non-hydrogen) atoms. The van der Waals surface area contributed by atoms with E-state index in [-0.39, 0.29) is 0 Å². The topological polar surface area (TPSA) is 35.8 Å². The lowest BCUT2D eigenvalue weighted by molar-refractivity contribution is 1.08. The maximum absolute atomic E-state index is 8.66. The van der Waals surface area contributed by atoms with Gasteiger partial charge in [0.2, 0.25) is 0 Å². The van der Waals surface area contributed by atoms with E-state index in [1.165, 1.54) is 22.3 Å². The zero-order chi connectivity index (χ0) is 14.5. The highest BCUT2D eigenvalue weighted by Gasteiger charge is 2.03. The Kier molecular flexibility index (Phi) is 4.42. The van der Waals surface area contributed by atoms with E-state index in [4.69, 9.17) is 5.26 Å². The van der Waals surface area contributed by atoms with Crippen molar-refractivity contribution < 1.29 is 0 Å². The normalized spacial score (nSPS) is 10.1. The number of benzene rings is 2. The van der Waals surface area contributed by atoms with Crippen LogP contribution in [0.1, 0.15) is 27.8 Å². The van der Waals surface area contributed by atoms with Crippen molar-refractivity contribution in [3.8, 4) is 6.07 Å². The van der Waals surface area contributed by atoms with E-state index in [2.05, 4.69) is 44.3 Å². The van der Waals surface area contributed by atoms with Gasteiger partial charge < -0.3 is 5.32 Å². The summed E-state index contributed by atoms with van der Waals surface area (Å²) in [5.41, 5.74) is 7.47. The molecular formula is C18H20N2. The van der Waals surface area contributed by atoms with Gasteiger partial charge in [-0.05, 0) is 55.2 Å². The Bertz CT molecular complexity index is 610. The molecule has 0 spiro atoms. The van der Waals surface area contributed by atoms with E-state index >= 15 is 0 Å². The quantitative estimate of drug-likeness (QED) is 0.894. The largest absolute Gasteiger partial charge is 0.381 e. The van der Waals surface area contributed by atoms with Gasteiger partial charge in [0.05, 0.1) is 12.5 Å². The highest BCUT2D eigenvalue weighted by atomic mass is 14.9. The maximum atomic E-state index is 8.66. The van der Waals surface area contributed by atoms with Crippen LogP contribution in [-0.2, 0) is 13.0 Å². The van der Waals surface area contributed by atoms with Crippen LogP contribution in [0.3, 0.4) is 0 Å². The summed E-state index contributed by atoms with van der Waals surface area (Å²) in [6.45, 7) is 7.28. The minimum absolute atomic E-state index is 0.469. The van der Waals surface area contributed by atoms with Crippen molar-refractivity contribution in [1.29, 1.82) is 5.26 Å². The number of aryl methyl sites for hydroxylation is 3. The van der Waals surface area contributed by atoms with Crippen molar-refractivity contribution >= 4 is 5.69 Å². The van der Waals surface area contributed by atoms with Crippen LogP contribution in [0.5, 0.6) is 0 Å². The molecule has 0 radical (unpaired) electrons. The van der Waals surface area contributed by atoms with Crippen LogP contribution in [0.15, 0.2) is 36.4 Å². The van der Waals surface area contributed by atoms with Crippen molar-refractivity contribution in [3.63, 3.8) is 0 Å². The molecule has 0 aliphatic carbocycles. The van der Waals surface area contributed by atoms with Crippen molar-refractivity contribution in [1.82, 2.24) is 0 Å². The Balaban J connectivity index is 2.07. The number of hydrogen-bond donors (Lipinski definition) is 1. The summed E-state index contributed by atoms with van der Waals surface area (Å²) in [7, 11) is 0. The summed E-state index contributed by atoms with van der Waals surface area (Å²) < 4.78 is 0. The lowest BCUT2D eigenvalue weighted by Crippen LogP contribution is -2.04. The highest BCUT2D eigenvalue weighted by molar-refractivity contribution is 5.47. The van der Waals surface area contributed by atoms with E-state index in [0.717, 1.165) is 17.8 Å². The molecule has 0 fully saturated rings. The first-order chi connectivity index (χ1) is 9.60. The summed E-state index contributed by atoms with van der Waals surface area (Å²) in [5, 5.41) is 12.1. The number of rotatable bonds is 4. The molecule has 0 heterocycles. The van der Waals surface area contributed by atoms with Crippen molar-refractivity contribution in [3.05, 3.63) is 64.2 Å². The van der Waals surface area contributed by atoms with Gasteiger partial charge in [-0.3, -0.25) is 0 Å². The third-order valence-corrected chi connectivity index (χ3v) is 3.55. The first kappa shape index (κ1) is 14.1. The molecule has 2 nitrogen and oxygen atoms in total. The minimum atomic E-state index is 0.469. The molecule has 0 aliphatic heterocycles. The lowest BCUT2D eigenvalue weighted by atomic mass is 10.00. The lowest BCUT2D eigenvalue weighted by Gasteiger charge is -2.13. The summed E-state index contributed by atoms with van der Waals surface area (Å²) in [6.07, 6.45) is 0.469. The Morgan fingerprint density at radius 2 is 1.60 bits per heavy atom. The summed E-state index contributed by atoms with van der Waals surface area (Å²) >= 11 is 0. The molecule has 0 unspecified atom stereocenters. The number of nitrogens with zero attached hydrogens (tertiary/aromatic N) is 1. The summed E-state index contributed by atoms with van der Waals surface area (Å²) in [5.74, 6) is 0. The smallest absolute Gasteiger partial charge is 0.0669 e. The number of nitriles is 1. The average molecular weight is 264 g/mol. The Hall–Kier alpha value is -2.27. The molecule has 2 aromatic carbocycles. The molecule has 0 saturated carbocycles. The third kappa shape index (κ3) is 3.39. The summed E-state index contributed by atoms with van der Waals surface area (Å²) in [6, 6.07) is 14.7. The van der Waals surface area contributed by atoms with Crippen LogP contribution in [0.2, 0.25) is 0 Å². The maximum Gasteiger partial charge on any atom is 0.0669 e. The molecule has 2 rings (SSSR count). The van der Waals surface area contributed by atoms with Gasteiger partial charge in [0.1, 0.15) is 0 Å². The van der Waals surface area contributed by atoms with Crippen LogP contribution >= 0.6 is 0 Å². The Morgan fingerprint density at radius 3 is 2.15 bits per heavy atom. The second-order valence-corrected chi connectivity index (χ2v) is 5.26. The van der Waals surface area contributed by atoms with Gasteiger partial charge in [0, 0.05) is 12.2 Å². The second-order valence-electron chi connectivity index (χ2n) is 5.26. The molecular weight excluding hydrogens is 244 g/mol. The fourth-order valence-corrected chi connectivity index (χ4v) is 2.51. The standard InChI is InChI=1S/C18H20N2/c1-13-10-14(2)18(15(3)11-13)12-20-17-6-4-16(5-7-17)8-9-19/h4-7,10-11,20H,8,12H2,1-3H3. The molecule has 102 valence electrons. The van der Waals surface area contributed by atoms with Gasteiger partial charge >= 0.3 is 0 Å². The number of nitrogens with one attached hydrogen (secondary N) is 1. The molecule has 0 aromatic heterocycles. The Labute approximate surface area is 121 Å². The zero-order valence-corrected chi connectivity index (χ0v) is 12.3. The van der Waals surface area contributed by atoms with Crippen LogP contribution < -0.4 is 5.32 Å². The van der Waals surface area contributed by atoms with E-state index in [9.17, 15) is 0 Å². The molecule has 0 amide bonds. The molecule has 2 aromatic rings. The third-order valence-electron chi connectivity index (χ3n) is 3.55. The van der Waals surface area contributed by atoms with Gasteiger partial charge in [-0.1, -0.05) is 29.8 Å². The first-order valence-corrected chi connectivity index (χ1v) is 6.86. The van der Waals surface area contributed by atoms with Crippen LogP contribution in [-0.4, -0.2) is 0 Å². The molecule has 0 bridgehead atoms. The average Bonchev–Trinajstić information content (AvgIpc) is 2.39. The van der Waals surface area contributed by atoms with Gasteiger partial charge in [0.15, 0.2) is 0 Å². The van der Waals surface area contributed by atoms with E-state index in [1.807, 2.05) is 24.3 Å². The van der Waals surface area contributed by atoms with Crippen molar-refractivity contribution in [2.75, 3.05) is 5.32 Å². The van der Waals surface area contributed by atoms with Gasteiger partial charge in [-0.2, -0.15) is 5.26 Å². The van der Waals surface area contributed by atoms with Gasteiger partial charge in [-0.25, -0.2) is 0 Å². The van der Waals surface area contributed by atoms with Crippen LogP contribution in [0, 0.1) is 32.1 Å². The zero-order valence-electron chi connectivity index (χ0n) is 12.3. The predicted molar refractivity (Wildman–Crippen MR) is 83.7 cm³/mol. The molecule has 0 saturated heterocycles. The summed E-state index contributed by atoms with van der Waals surface area (Å²) in [4.78, 5) is 0. The minimum Gasteiger partial charge on any atom is -0.381 e. The number of hydrogen-bond acceptors (Lipinski definition) is 2. The molecule has 2 heteroatoms. The predicted octanol–water partition coefficient (Wildman–Crippen LogP) is 4.29. The van der Waals surface area contributed by atoms with Crippen molar-refractivity contribution in [2.24, 2.45) is 0 Å². The van der Waals surface area contributed by atoms with Crippen LogP contribution in [0.25, 0.3) is 0 Å². The van der Waals surface area contributed by atoms with Gasteiger partial charge in [-0.15, -0.1) is 0 Å². The number of anilines is 1. The van der Waals surface area contributed by atoms with Crippen LogP contribution in [0.4, 0.5) is 5.69 Å². The molecule has 1 N–H and O–H groups in total. The molecule has 0 atom stereocenters. The van der Waals surface area contributed by atoms with Gasteiger partial charge in [0.25, 0.3) is 0 Å². The Morgan fingerprint density at radius 1 is 1.00 bits per heavy atom. The van der Waals surface area contributed by atoms with E-state index in [0.29, 0.717) is 6.42 Å². The monoisotopic (exact) mass is 264 g/mol. The van der Waals surface area contributed by atoms with Crippen molar-refractivity contribution in [2.45, 2.75) is 33.7 Å². The fourth-order valence-electron chi connectivity index (χ4n) is 2.51. The highest BCUT2D eigenvalue weighted by Crippen LogP contribution is 2.18. The second kappa shape index (κ2) is 6.25. The van der Waals surface area contributed by atoms with E-state index in [1.54, 1.807) is 0 Å². The molecule has 0 aliphatic rings. The SMILES string of the molecule is Cc1cc(C)c(CNc2ccc(CC#N)cc2)c(C)c1. The first-order valence-electron chi connectivity index (χ1n) is 6.86. The fraction of sp³-hybridized carbons (Fsp3) is 0.278.